The number of benzene rings is 2. The molecule has 3 rings (SSSR count). The van der Waals surface area contributed by atoms with Crippen LogP contribution < -0.4 is 5.43 Å². The molecule has 7 nitrogen and oxygen atoms in total. The van der Waals surface area contributed by atoms with E-state index in [0.29, 0.717) is 19.8 Å². The van der Waals surface area contributed by atoms with Gasteiger partial charge in [0.2, 0.25) is 5.91 Å². The number of nitrogens with one attached hydrogen (secondary N) is 1. The van der Waals surface area contributed by atoms with Crippen molar-refractivity contribution in [2.75, 3.05) is 39.4 Å². The lowest BCUT2D eigenvalue weighted by Crippen LogP contribution is -2.50. The van der Waals surface area contributed by atoms with Crippen molar-refractivity contribution in [2.24, 2.45) is 0 Å². The Hall–Kier alpha value is -1.91. The van der Waals surface area contributed by atoms with E-state index in [1.807, 2.05) is 31.2 Å². The Kier molecular flexibility index (Phi) is 8.50. The second-order valence-corrected chi connectivity index (χ2v) is 10.3. The molecular formula is C22H29N3O4S2. The molecule has 0 atom stereocenters. The molecule has 1 fully saturated rings. The van der Waals surface area contributed by atoms with Crippen molar-refractivity contribution in [3.63, 3.8) is 0 Å². The van der Waals surface area contributed by atoms with Crippen LogP contribution in [0.3, 0.4) is 0 Å². The summed E-state index contributed by atoms with van der Waals surface area (Å²) in [5, 5.41) is 0. The van der Waals surface area contributed by atoms with Gasteiger partial charge in [-0.05, 0) is 43.3 Å². The summed E-state index contributed by atoms with van der Waals surface area (Å²) in [5.41, 5.74) is 3.74. The fraction of sp³-hybridized carbons (Fsp3) is 0.409. The molecule has 1 saturated heterocycles. The standard InChI is InChI=1S/C22H29N3O4S2/c1-3-22(26)23-25(13-12-24-14-16-29-17-15-24)31(27,28)21-10-8-20(9-11-21)30-19-6-4-18(2)5-7-19/h4-11H,3,12-17H2,1-2H3,(H,23,26). The zero-order valence-electron chi connectivity index (χ0n) is 17.9. The van der Waals surface area contributed by atoms with Gasteiger partial charge in [-0.3, -0.25) is 15.1 Å². The van der Waals surface area contributed by atoms with E-state index in [4.69, 9.17) is 4.74 Å². The van der Waals surface area contributed by atoms with Gasteiger partial charge in [-0.1, -0.05) is 36.4 Å². The van der Waals surface area contributed by atoms with Crippen LogP contribution in [0.4, 0.5) is 0 Å². The maximum absolute atomic E-state index is 13.2. The van der Waals surface area contributed by atoms with Crippen LogP contribution in [0.2, 0.25) is 0 Å². The summed E-state index contributed by atoms with van der Waals surface area (Å²) in [6.45, 7) is 7.20. The predicted octanol–water partition coefficient (Wildman–Crippen LogP) is 2.91. The highest BCUT2D eigenvalue weighted by atomic mass is 32.2. The summed E-state index contributed by atoms with van der Waals surface area (Å²) in [5.74, 6) is -0.336. The van der Waals surface area contributed by atoms with E-state index in [1.54, 1.807) is 43.0 Å². The third-order valence-electron chi connectivity index (χ3n) is 4.96. The molecule has 2 aromatic carbocycles. The molecule has 168 valence electrons. The quantitative estimate of drug-likeness (QED) is 0.576. The number of aryl methyl sites for hydroxylation is 1. The smallest absolute Gasteiger partial charge is 0.259 e. The number of morpholine rings is 1. The number of hydrazine groups is 1. The van der Waals surface area contributed by atoms with E-state index in [-0.39, 0.29) is 23.8 Å². The van der Waals surface area contributed by atoms with E-state index in [9.17, 15) is 13.2 Å². The summed E-state index contributed by atoms with van der Waals surface area (Å²) < 4.78 is 32.9. The van der Waals surface area contributed by atoms with E-state index in [1.165, 1.54) is 5.56 Å². The van der Waals surface area contributed by atoms with Crippen LogP contribution in [0, 0.1) is 6.92 Å². The zero-order chi connectivity index (χ0) is 22.3. The minimum atomic E-state index is -3.87. The Morgan fingerprint density at radius 3 is 2.23 bits per heavy atom. The molecule has 0 aliphatic carbocycles. The highest BCUT2D eigenvalue weighted by Crippen LogP contribution is 2.29. The van der Waals surface area contributed by atoms with Crippen LogP contribution in [-0.2, 0) is 19.6 Å². The fourth-order valence-corrected chi connectivity index (χ4v) is 5.16. The Morgan fingerprint density at radius 1 is 1.06 bits per heavy atom. The number of ether oxygens (including phenoxy) is 1. The van der Waals surface area contributed by atoms with Crippen LogP contribution in [0.1, 0.15) is 18.9 Å². The molecular weight excluding hydrogens is 434 g/mol. The molecule has 9 heteroatoms. The molecule has 1 amide bonds. The zero-order valence-corrected chi connectivity index (χ0v) is 19.5. The number of sulfonamides is 1. The highest BCUT2D eigenvalue weighted by molar-refractivity contribution is 7.99. The molecule has 2 aromatic rings. The lowest BCUT2D eigenvalue weighted by molar-refractivity contribution is -0.123. The van der Waals surface area contributed by atoms with Gasteiger partial charge in [-0.15, -0.1) is 4.41 Å². The topological polar surface area (TPSA) is 79.0 Å². The van der Waals surface area contributed by atoms with Crippen LogP contribution in [0.25, 0.3) is 0 Å². The molecule has 0 aromatic heterocycles. The van der Waals surface area contributed by atoms with E-state index in [2.05, 4.69) is 10.3 Å². The van der Waals surface area contributed by atoms with Crippen LogP contribution in [0.5, 0.6) is 0 Å². The number of carbonyl (C=O) groups excluding carboxylic acids is 1. The normalized spacial score (nSPS) is 15.2. The van der Waals surface area contributed by atoms with Crippen LogP contribution >= 0.6 is 11.8 Å². The number of carbonyl (C=O) groups is 1. The first-order valence-electron chi connectivity index (χ1n) is 10.4. The minimum absolute atomic E-state index is 0.152. The molecule has 0 unspecified atom stereocenters. The van der Waals surface area contributed by atoms with Crippen molar-refractivity contribution in [2.45, 2.75) is 35.0 Å². The van der Waals surface area contributed by atoms with Gasteiger partial charge in [0.25, 0.3) is 10.0 Å². The number of hydrogen-bond acceptors (Lipinski definition) is 6. The molecule has 31 heavy (non-hydrogen) atoms. The van der Waals surface area contributed by atoms with Crippen molar-refractivity contribution in [3.8, 4) is 0 Å². The van der Waals surface area contributed by atoms with Crippen molar-refractivity contribution in [3.05, 3.63) is 54.1 Å². The van der Waals surface area contributed by atoms with E-state index in [0.717, 1.165) is 27.3 Å². The Morgan fingerprint density at radius 2 is 1.65 bits per heavy atom. The first kappa shape index (κ1) is 23.7. The molecule has 1 heterocycles. The lowest BCUT2D eigenvalue weighted by atomic mass is 10.2. The Balaban J connectivity index is 1.72. The van der Waals surface area contributed by atoms with Crippen molar-refractivity contribution in [1.29, 1.82) is 0 Å². The maximum atomic E-state index is 13.2. The number of rotatable bonds is 9. The van der Waals surface area contributed by atoms with Crippen molar-refractivity contribution in [1.82, 2.24) is 14.7 Å². The summed E-state index contributed by atoms with van der Waals surface area (Å²) in [4.78, 5) is 16.3. The first-order chi connectivity index (χ1) is 14.9. The van der Waals surface area contributed by atoms with Gasteiger partial charge in [0, 0.05) is 42.4 Å². The second-order valence-electron chi connectivity index (χ2n) is 7.31. The largest absolute Gasteiger partial charge is 0.379 e. The second kappa shape index (κ2) is 11.1. The maximum Gasteiger partial charge on any atom is 0.259 e. The predicted molar refractivity (Wildman–Crippen MR) is 121 cm³/mol. The van der Waals surface area contributed by atoms with Gasteiger partial charge < -0.3 is 4.74 Å². The highest BCUT2D eigenvalue weighted by Gasteiger charge is 2.27. The molecule has 1 N–H and O–H groups in total. The molecule has 1 aliphatic rings. The first-order valence-corrected chi connectivity index (χ1v) is 12.6. The summed E-state index contributed by atoms with van der Waals surface area (Å²) in [6.07, 6.45) is 0.204. The van der Waals surface area contributed by atoms with Gasteiger partial charge >= 0.3 is 0 Å². The number of nitrogens with zero attached hydrogens (tertiary/aromatic N) is 2. The minimum Gasteiger partial charge on any atom is -0.379 e. The Labute approximate surface area is 188 Å². The van der Waals surface area contributed by atoms with Gasteiger partial charge in [0.05, 0.1) is 18.1 Å². The number of amides is 1. The summed E-state index contributed by atoms with van der Waals surface area (Å²) in [6, 6.07) is 14.9. The van der Waals surface area contributed by atoms with Crippen molar-refractivity contribution >= 4 is 27.7 Å². The lowest BCUT2D eigenvalue weighted by Gasteiger charge is -2.29. The Bertz CT molecular complexity index is 957. The van der Waals surface area contributed by atoms with Crippen molar-refractivity contribution < 1.29 is 17.9 Å². The average molecular weight is 464 g/mol. The molecule has 0 spiro atoms. The van der Waals surface area contributed by atoms with Gasteiger partial charge in [0.15, 0.2) is 0 Å². The third-order valence-corrected chi connectivity index (χ3v) is 7.70. The van der Waals surface area contributed by atoms with E-state index >= 15 is 0 Å². The van der Waals surface area contributed by atoms with Gasteiger partial charge in [-0.2, -0.15) is 0 Å². The molecule has 1 aliphatic heterocycles. The van der Waals surface area contributed by atoms with Crippen LogP contribution in [0.15, 0.2) is 63.2 Å². The molecule has 0 bridgehead atoms. The monoisotopic (exact) mass is 463 g/mol. The van der Waals surface area contributed by atoms with Crippen LogP contribution in [-0.4, -0.2) is 63.0 Å². The van der Waals surface area contributed by atoms with Gasteiger partial charge in [0.1, 0.15) is 0 Å². The summed E-state index contributed by atoms with van der Waals surface area (Å²) >= 11 is 1.57. The molecule has 0 radical (unpaired) electrons. The third kappa shape index (κ3) is 6.78. The summed E-state index contributed by atoms with van der Waals surface area (Å²) in [7, 11) is -3.87. The molecule has 0 saturated carbocycles. The number of hydrogen-bond donors (Lipinski definition) is 1. The SMILES string of the molecule is CCC(=O)NN(CCN1CCOCC1)S(=O)(=O)c1ccc(Sc2ccc(C)cc2)cc1. The fourth-order valence-electron chi connectivity index (χ4n) is 3.06. The van der Waals surface area contributed by atoms with E-state index < -0.39 is 10.0 Å². The van der Waals surface area contributed by atoms with Gasteiger partial charge in [-0.25, -0.2) is 8.42 Å². The average Bonchev–Trinajstić information content (AvgIpc) is 2.79.